The lowest BCUT2D eigenvalue weighted by molar-refractivity contribution is 0.0697. The molecule has 0 fully saturated rings. The first kappa shape index (κ1) is 16.1. The zero-order valence-electron chi connectivity index (χ0n) is 12.8. The number of fused-ring (bicyclic) bond motifs is 1. The molecule has 5 nitrogen and oxygen atoms in total. The highest BCUT2D eigenvalue weighted by Crippen LogP contribution is 2.29. The second-order valence-corrected chi connectivity index (χ2v) is 5.97. The molecule has 24 heavy (non-hydrogen) atoms. The fraction of sp³-hybridized carbons (Fsp3) is 0.111. The van der Waals surface area contributed by atoms with E-state index in [9.17, 15) is 14.7 Å². The van der Waals surface area contributed by atoms with Crippen LogP contribution < -0.4 is 5.56 Å². The molecule has 1 aromatic heterocycles. The Hall–Kier alpha value is -2.79. The van der Waals surface area contributed by atoms with Crippen LogP contribution in [0.1, 0.15) is 21.5 Å². The van der Waals surface area contributed by atoms with Crippen molar-refractivity contribution in [1.29, 1.82) is 0 Å². The molecule has 0 aliphatic rings. The quantitative estimate of drug-likeness (QED) is 0.765. The number of carboxylic acid groups (broad SMARTS) is 1. The predicted molar refractivity (Wildman–Crippen MR) is 92.1 cm³/mol. The molecule has 0 aliphatic carbocycles. The minimum Gasteiger partial charge on any atom is -0.507 e. The van der Waals surface area contributed by atoms with Crippen molar-refractivity contribution < 1.29 is 15.0 Å². The van der Waals surface area contributed by atoms with Gasteiger partial charge in [-0.05, 0) is 35.9 Å². The SMILES string of the molecule is Cn1c(=O)c(Cc2cccc(Cl)c2)c(O)c2cc(C(=O)O)ccc21. The predicted octanol–water partition coefficient (Wildman–Crippen LogP) is 3.19. The molecule has 6 heteroatoms. The Morgan fingerprint density at radius 2 is 1.96 bits per heavy atom. The van der Waals surface area contributed by atoms with Gasteiger partial charge >= 0.3 is 5.97 Å². The van der Waals surface area contributed by atoms with Gasteiger partial charge in [0.25, 0.3) is 5.56 Å². The molecule has 0 spiro atoms. The van der Waals surface area contributed by atoms with Gasteiger partial charge in [0, 0.05) is 23.9 Å². The van der Waals surface area contributed by atoms with Gasteiger partial charge in [0.2, 0.25) is 0 Å². The van der Waals surface area contributed by atoms with E-state index in [1.807, 2.05) is 6.07 Å². The fourth-order valence-corrected chi connectivity index (χ4v) is 2.95. The highest BCUT2D eigenvalue weighted by Gasteiger charge is 2.16. The van der Waals surface area contributed by atoms with E-state index < -0.39 is 5.97 Å². The third-order valence-corrected chi connectivity index (χ3v) is 4.21. The van der Waals surface area contributed by atoms with E-state index >= 15 is 0 Å². The zero-order chi connectivity index (χ0) is 17.4. The van der Waals surface area contributed by atoms with Gasteiger partial charge < -0.3 is 14.8 Å². The Bertz CT molecular complexity index is 1020. The van der Waals surface area contributed by atoms with Gasteiger partial charge in [-0.2, -0.15) is 0 Å². The van der Waals surface area contributed by atoms with Crippen LogP contribution in [-0.4, -0.2) is 20.7 Å². The summed E-state index contributed by atoms with van der Waals surface area (Å²) in [4.78, 5) is 23.7. The zero-order valence-corrected chi connectivity index (χ0v) is 13.5. The normalized spacial score (nSPS) is 10.9. The Morgan fingerprint density at radius 3 is 2.62 bits per heavy atom. The van der Waals surface area contributed by atoms with Gasteiger partial charge in [-0.25, -0.2) is 4.79 Å². The van der Waals surface area contributed by atoms with Crippen LogP contribution in [0.4, 0.5) is 0 Å². The third-order valence-electron chi connectivity index (χ3n) is 3.98. The monoisotopic (exact) mass is 343 g/mol. The van der Waals surface area contributed by atoms with Crippen molar-refractivity contribution in [3.8, 4) is 5.75 Å². The standard InChI is InChI=1S/C18H14ClNO4/c1-20-15-6-5-11(18(23)24)9-13(15)16(21)14(17(20)22)8-10-3-2-4-12(19)7-10/h2-7,9,21H,8H2,1H3,(H,23,24). The first-order chi connectivity index (χ1) is 11.4. The number of benzene rings is 2. The van der Waals surface area contributed by atoms with Crippen LogP contribution in [0.15, 0.2) is 47.3 Å². The van der Waals surface area contributed by atoms with Crippen LogP contribution in [0, 0.1) is 0 Å². The van der Waals surface area contributed by atoms with Crippen molar-refractivity contribution in [1.82, 2.24) is 4.57 Å². The van der Waals surface area contributed by atoms with E-state index in [2.05, 4.69) is 0 Å². The summed E-state index contributed by atoms with van der Waals surface area (Å²) in [6, 6.07) is 11.3. The number of carboxylic acids is 1. The van der Waals surface area contributed by atoms with Gasteiger partial charge in [-0.1, -0.05) is 23.7 Å². The number of aromatic hydroxyl groups is 1. The van der Waals surface area contributed by atoms with E-state index in [0.29, 0.717) is 15.9 Å². The molecule has 0 aliphatic heterocycles. The van der Waals surface area contributed by atoms with E-state index in [0.717, 1.165) is 5.56 Å². The lowest BCUT2D eigenvalue weighted by Gasteiger charge is -2.12. The molecule has 0 atom stereocenters. The van der Waals surface area contributed by atoms with E-state index in [1.54, 1.807) is 25.2 Å². The van der Waals surface area contributed by atoms with Crippen LogP contribution in [-0.2, 0) is 13.5 Å². The van der Waals surface area contributed by atoms with Crippen LogP contribution >= 0.6 is 11.6 Å². The molecule has 3 aromatic rings. The fourth-order valence-electron chi connectivity index (χ4n) is 2.74. The number of hydrogen-bond donors (Lipinski definition) is 2. The number of aryl methyl sites for hydroxylation is 1. The number of rotatable bonds is 3. The number of hydrogen-bond acceptors (Lipinski definition) is 3. The summed E-state index contributed by atoms with van der Waals surface area (Å²) in [7, 11) is 1.59. The average Bonchev–Trinajstić information content (AvgIpc) is 2.56. The van der Waals surface area contributed by atoms with Crippen molar-refractivity contribution in [2.45, 2.75) is 6.42 Å². The molecule has 0 radical (unpaired) electrons. The molecule has 3 rings (SSSR count). The summed E-state index contributed by atoms with van der Waals surface area (Å²) in [5.41, 5.74) is 1.17. The summed E-state index contributed by atoms with van der Waals surface area (Å²) in [5, 5.41) is 20.5. The molecule has 0 saturated heterocycles. The topological polar surface area (TPSA) is 79.5 Å². The van der Waals surface area contributed by atoms with E-state index in [1.165, 1.54) is 22.8 Å². The van der Waals surface area contributed by atoms with Crippen molar-refractivity contribution in [2.24, 2.45) is 7.05 Å². The number of pyridine rings is 1. The maximum absolute atomic E-state index is 12.6. The largest absolute Gasteiger partial charge is 0.507 e. The Morgan fingerprint density at radius 1 is 1.21 bits per heavy atom. The minimum atomic E-state index is -1.10. The molecule has 1 heterocycles. The van der Waals surface area contributed by atoms with E-state index in [-0.39, 0.29) is 28.9 Å². The van der Waals surface area contributed by atoms with Gasteiger partial charge in [0.1, 0.15) is 5.75 Å². The van der Waals surface area contributed by atoms with E-state index in [4.69, 9.17) is 16.7 Å². The van der Waals surface area contributed by atoms with Gasteiger partial charge in [0.15, 0.2) is 0 Å². The van der Waals surface area contributed by atoms with Crippen LogP contribution in [0.5, 0.6) is 5.75 Å². The molecule has 2 aromatic carbocycles. The number of carbonyl (C=O) groups is 1. The number of aromatic nitrogens is 1. The number of halogens is 1. The Labute approximate surface area is 142 Å². The molecule has 0 saturated carbocycles. The van der Waals surface area contributed by atoms with Crippen LogP contribution in [0.25, 0.3) is 10.9 Å². The molecule has 122 valence electrons. The molecule has 0 unspecified atom stereocenters. The summed E-state index contributed by atoms with van der Waals surface area (Å²) in [5.74, 6) is -1.29. The third kappa shape index (κ3) is 2.74. The lowest BCUT2D eigenvalue weighted by atomic mass is 10.0. The highest BCUT2D eigenvalue weighted by molar-refractivity contribution is 6.30. The average molecular weight is 344 g/mol. The second-order valence-electron chi connectivity index (χ2n) is 5.54. The highest BCUT2D eigenvalue weighted by atomic mass is 35.5. The summed E-state index contributed by atoms with van der Waals surface area (Å²) in [6.07, 6.45) is 0.201. The number of aromatic carboxylic acids is 1. The molecule has 0 bridgehead atoms. The second kappa shape index (κ2) is 6.02. The molecular weight excluding hydrogens is 330 g/mol. The van der Waals surface area contributed by atoms with Crippen molar-refractivity contribution in [3.63, 3.8) is 0 Å². The Kier molecular flexibility index (Phi) is 4.03. The summed E-state index contributed by atoms with van der Waals surface area (Å²) in [6.45, 7) is 0. The first-order valence-corrected chi connectivity index (χ1v) is 7.58. The minimum absolute atomic E-state index is 0.0464. The van der Waals surface area contributed by atoms with Crippen molar-refractivity contribution in [2.75, 3.05) is 0 Å². The first-order valence-electron chi connectivity index (χ1n) is 7.21. The maximum Gasteiger partial charge on any atom is 0.335 e. The Balaban J connectivity index is 2.24. The van der Waals surface area contributed by atoms with Crippen molar-refractivity contribution >= 4 is 28.5 Å². The van der Waals surface area contributed by atoms with Gasteiger partial charge in [-0.15, -0.1) is 0 Å². The van der Waals surface area contributed by atoms with Gasteiger partial charge in [-0.3, -0.25) is 4.79 Å². The number of nitrogens with zero attached hydrogens (tertiary/aromatic N) is 1. The summed E-state index contributed by atoms with van der Waals surface area (Å²) < 4.78 is 1.40. The van der Waals surface area contributed by atoms with Crippen LogP contribution in [0.2, 0.25) is 5.02 Å². The molecule has 0 amide bonds. The van der Waals surface area contributed by atoms with Crippen LogP contribution in [0.3, 0.4) is 0 Å². The molecular formula is C18H14ClNO4. The maximum atomic E-state index is 12.6. The lowest BCUT2D eigenvalue weighted by Crippen LogP contribution is -2.22. The smallest absolute Gasteiger partial charge is 0.335 e. The summed E-state index contributed by atoms with van der Waals surface area (Å²) >= 11 is 5.96. The molecule has 2 N–H and O–H groups in total. The van der Waals surface area contributed by atoms with Crippen molar-refractivity contribution in [3.05, 3.63) is 74.5 Å². The van der Waals surface area contributed by atoms with Gasteiger partial charge in [0.05, 0.1) is 16.6 Å².